The highest BCUT2D eigenvalue weighted by Gasteiger charge is 2.38. The minimum Gasteiger partial charge on any atom is -0.480 e. The third-order valence-electron chi connectivity index (χ3n) is 4.16. The third kappa shape index (κ3) is 2.66. The van der Waals surface area contributed by atoms with Crippen LogP contribution in [0.15, 0.2) is 0 Å². The first-order valence-corrected chi connectivity index (χ1v) is 6.85. The summed E-state index contributed by atoms with van der Waals surface area (Å²) in [6, 6.07) is -0.618. The molecule has 2 rings (SSSR count). The largest absolute Gasteiger partial charge is 0.480 e. The van der Waals surface area contributed by atoms with Gasteiger partial charge in [-0.3, -0.25) is 4.79 Å². The Morgan fingerprint density at radius 1 is 1.22 bits per heavy atom. The molecule has 5 nitrogen and oxygen atoms in total. The first kappa shape index (κ1) is 13.3. The monoisotopic (exact) mass is 254 g/mol. The standard InChI is InChI=1S/C13H22N2O3/c1-9-7-14-8-10(9)12(16)15-6-4-2-3-5-11(15)13(17)18/h9-11,14H,2-8H2,1H3,(H,17,18). The molecular weight excluding hydrogens is 232 g/mol. The minimum absolute atomic E-state index is 0.0294. The summed E-state index contributed by atoms with van der Waals surface area (Å²) in [5.41, 5.74) is 0. The van der Waals surface area contributed by atoms with Crippen LogP contribution in [0.4, 0.5) is 0 Å². The molecule has 2 aliphatic heterocycles. The maximum absolute atomic E-state index is 12.5. The molecule has 0 aromatic heterocycles. The molecule has 2 aliphatic rings. The van der Waals surface area contributed by atoms with Gasteiger partial charge in [-0.25, -0.2) is 4.79 Å². The zero-order valence-electron chi connectivity index (χ0n) is 10.9. The van der Waals surface area contributed by atoms with Gasteiger partial charge in [0, 0.05) is 13.1 Å². The molecular formula is C13H22N2O3. The molecule has 18 heavy (non-hydrogen) atoms. The Hall–Kier alpha value is -1.10. The zero-order valence-corrected chi connectivity index (χ0v) is 10.9. The maximum atomic E-state index is 12.5. The highest BCUT2D eigenvalue weighted by Crippen LogP contribution is 2.24. The second-order valence-electron chi connectivity index (χ2n) is 5.48. The number of hydrogen-bond acceptors (Lipinski definition) is 3. The highest BCUT2D eigenvalue weighted by molar-refractivity contribution is 5.85. The summed E-state index contributed by atoms with van der Waals surface area (Å²) in [6.07, 6.45) is 3.44. The minimum atomic E-state index is -0.858. The van der Waals surface area contributed by atoms with E-state index in [4.69, 9.17) is 0 Å². The van der Waals surface area contributed by atoms with Crippen molar-refractivity contribution in [2.45, 2.75) is 38.6 Å². The van der Waals surface area contributed by atoms with Gasteiger partial charge in [-0.2, -0.15) is 0 Å². The van der Waals surface area contributed by atoms with Crippen molar-refractivity contribution in [2.75, 3.05) is 19.6 Å². The number of carbonyl (C=O) groups excluding carboxylic acids is 1. The summed E-state index contributed by atoms with van der Waals surface area (Å²) in [6.45, 7) is 4.18. The average molecular weight is 254 g/mol. The number of nitrogens with one attached hydrogen (secondary N) is 1. The molecule has 3 atom stereocenters. The van der Waals surface area contributed by atoms with Crippen LogP contribution in [-0.2, 0) is 9.59 Å². The number of carboxylic acids is 1. The van der Waals surface area contributed by atoms with E-state index < -0.39 is 12.0 Å². The van der Waals surface area contributed by atoms with E-state index in [-0.39, 0.29) is 11.8 Å². The third-order valence-corrected chi connectivity index (χ3v) is 4.16. The van der Waals surface area contributed by atoms with Crippen molar-refractivity contribution >= 4 is 11.9 Å². The molecule has 0 bridgehead atoms. The molecule has 1 amide bonds. The van der Waals surface area contributed by atoms with Crippen molar-refractivity contribution in [3.05, 3.63) is 0 Å². The van der Waals surface area contributed by atoms with Gasteiger partial charge in [-0.15, -0.1) is 0 Å². The van der Waals surface area contributed by atoms with Crippen molar-refractivity contribution in [2.24, 2.45) is 11.8 Å². The van der Waals surface area contributed by atoms with Crippen LogP contribution >= 0.6 is 0 Å². The Labute approximate surface area is 108 Å². The number of nitrogens with zero attached hydrogens (tertiary/aromatic N) is 1. The molecule has 3 unspecified atom stereocenters. The molecule has 0 aliphatic carbocycles. The van der Waals surface area contributed by atoms with Crippen molar-refractivity contribution in [3.63, 3.8) is 0 Å². The quantitative estimate of drug-likeness (QED) is 0.761. The van der Waals surface area contributed by atoms with Crippen LogP contribution in [0.1, 0.15) is 32.6 Å². The second kappa shape index (κ2) is 5.69. The highest BCUT2D eigenvalue weighted by atomic mass is 16.4. The Kier molecular flexibility index (Phi) is 4.22. The SMILES string of the molecule is CC1CNCC1C(=O)N1CCCCCC1C(=O)O. The Morgan fingerprint density at radius 2 is 2.00 bits per heavy atom. The molecule has 2 N–H and O–H groups in total. The van der Waals surface area contributed by atoms with Crippen LogP contribution in [0, 0.1) is 11.8 Å². The number of aliphatic carboxylic acids is 1. The van der Waals surface area contributed by atoms with E-state index in [0.29, 0.717) is 25.4 Å². The van der Waals surface area contributed by atoms with Gasteiger partial charge in [0.2, 0.25) is 5.91 Å². The zero-order chi connectivity index (χ0) is 13.1. The number of carbonyl (C=O) groups is 2. The summed E-state index contributed by atoms with van der Waals surface area (Å²) in [5, 5.41) is 12.5. The van der Waals surface area contributed by atoms with Gasteiger partial charge in [0.05, 0.1) is 5.92 Å². The number of carboxylic acid groups (broad SMARTS) is 1. The van der Waals surface area contributed by atoms with Crippen LogP contribution in [0.2, 0.25) is 0 Å². The molecule has 102 valence electrons. The molecule has 5 heteroatoms. The topological polar surface area (TPSA) is 69.6 Å². The van der Waals surface area contributed by atoms with E-state index in [0.717, 1.165) is 25.8 Å². The van der Waals surface area contributed by atoms with Crippen molar-refractivity contribution in [1.29, 1.82) is 0 Å². The smallest absolute Gasteiger partial charge is 0.326 e. The van der Waals surface area contributed by atoms with Gasteiger partial charge in [-0.05, 0) is 25.3 Å². The van der Waals surface area contributed by atoms with E-state index in [1.807, 2.05) is 0 Å². The van der Waals surface area contributed by atoms with Crippen LogP contribution in [0.5, 0.6) is 0 Å². The lowest BCUT2D eigenvalue weighted by molar-refractivity contribution is -0.152. The number of likely N-dealkylation sites (tertiary alicyclic amines) is 1. The van der Waals surface area contributed by atoms with Crippen LogP contribution in [-0.4, -0.2) is 47.6 Å². The Balaban J connectivity index is 2.11. The predicted octanol–water partition coefficient (Wildman–Crippen LogP) is 0.698. The Bertz CT molecular complexity index is 332. The molecule has 2 fully saturated rings. The molecule has 2 saturated heterocycles. The fraction of sp³-hybridized carbons (Fsp3) is 0.846. The molecule has 0 spiro atoms. The summed E-state index contributed by atoms with van der Waals surface area (Å²) in [4.78, 5) is 25.4. The van der Waals surface area contributed by atoms with Crippen LogP contribution in [0.25, 0.3) is 0 Å². The van der Waals surface area contributed by atoms with Crippen LogP contribution in [0.3, 0.4) is 0 Å². The summed E-state index contributed by atoms with van der Waals surface area (Å²) in [7, 11) is 0. The van der Waals surface area contributed by atoms with Crippen molar-refractivity contribution < 1.29 is 14.7 Å². The fourth-order valence-electron chi connectivity index (χ4n) is 2.98. The molecule has 0 saturated carbocycles. The number of hydrogen-bond donors (Lipinski definition) is 2. The second-order valence-corrected chi connectivity index (χ2v) is 5.48. The maximum Gasteiger partial charge on any atom is 0.326 e. The van der Waals surface area contributed by atoms with Gasteiger partial charge in [0.15, 0.2) is 0 Å². The molecule has 2 heterocycles. The summed E-state index contributed by atoms with van der Waals surface area (Å²) in [5.74, 6) is -0.578. The molecule has 0 radical (unpaired) electrons. The summed E-state index contributed by atoms with van der Waals surface area (Å²) < 4.78 is 0. The van der Waals surface area contributed by atoms with E-state index >= 15 is 0 Å². The molecule has 0 aromatic carbocycles. The van der Waals surface area contributed by atoms with E-state index in [9.17, 15) is 14.7 Å². The number of amides is 1. The fourth-order valence-corrected chi connectivity index (χ4v) is 2.98. The van der Waals surface area contributed by atoms with Crippen LogP contribution < -0.4 is 5.32 Å². The van der Waals surface area contributed by atoms with Gasteiger partial charge >= 0.3 is 5.97 Å². The number of rotatable bonds is 2. The van der Waals surface area contributed by atoms with Crippen molar-refractivity contribution in [1.82, 2.24) is 10.2 Å². The van der Waals surface area contributed by atoms with E-state index in [1.165, 1.54) is 0 Å². The van der Waals surface area contributed by atoms with Gasteiger partial charge in [0.1, 0.15) is 6.04 Å². The van der Waals surface area contributed by atoms with Gasteiger partial charge in [0.25, 0.3) is 0 Å². The lowest BCUT2D eigenvalue weighted by atomic mass is 9.95. The molecule has 0 aromatic rings. The predicted molar refractivity (Wildman–Crippen MR) is 67.1 cm³/mol. The normalized spacial score (nSPS) is 33.2. The Morgan fingerprint density at radius 3 is 2.61 bits per heavy atom. The first-order valence-electron chi connectivity index (χ1n) is 6.85. The average Bonchev–Trinajstić information content (AvgIpc) is 2.63. The lowest BCUT2D eigenvalue weighted by Crippen LogP contribution is -2.48. The van der Waals surface area contributed by atoms with Gasteiger partial charge in [-0.1, -0.05) is 19.8 Å². The van der Waals surface area contributed by atoms with E-state index in [1.54, 1.807) is 4.90 Å². The van der Waals surface area contributed by atoms with E-state index in [2.05, 4.69) is 12.2 Å². The van der Waals surface area contributed by atoms with Crippen molar-refractivity contribution in [3.8, 4) is 0 Å². The lowest BCUT2D eigenvalue weighted by Gasteiger charge is -2.30. The van der Waals surface area contributed by atoms with Gasteiger partial charge < -0.3 is 15.3 Å². The summed E-state index contributed by atoms with van der Waals surface area (Å²) >= 11 is 0. The first-order chi connectivity index (χ1) is 8.61.